The van der Waals surface area contributed by atoms with Gasteiger partial charge in [-0.25, -0.2) is 0 Å². The molecule has 8 bridgehead atoms. The molecule has 8 fully saturated rings. The van der Waals surface area contributed by atoms with Gasteiger partial charge >= 0.3 is 0 Å². The van der Waals surface area contributed by atoms with Crippen molar-refractivity contribution in [3.05, 3.63) is 427 Å². The van der Waals surface area contributed by atoms with Gasteiger partial charge in [-0.15, -0.1) is 0 Å². The Kier molecular flexibility index (Phi) is 18.6. The molecule has 0 N–H and O–H groups in total. The Morgan fingerprint density at radius 1 is 0.157 bits per heavy atom. The van der Waals surface area contributed by atoms with Gasteiger partial charge in [0.15, 0.2) is 0 Å². The molecule has 0 saturated heterocycles. The zero-order chi connectivity index (χ0) is 72.3. The van der Waals surface area contributed by atoms with Gasteiger partial charge in [-0.1, -0.05) is 388 Å². The number of rotatable bonds is 21. The second-order valence-corrected chi connectivity index (χ2v) is 33.2. The van der Waals surface area contributed by atoms with Crippen molar-refractivity contribution in [3.8, 4) is 0 Å². The average Bonchev–Trinajstić information content (AvgIpc) is 0.653. The highest BCUT2D eigenvalue weighted by molar-refractivity contribution is 5.80. The van der Waals surface area contributed by atoms with Crippen molar-refractivity contribution >= 4 is 97.2 Å². The Bertz CT molecular complexity index is 4500. The molecule has 8 aliphatic rings. The normalized spacial score (nSPS) is 24.9. The third kappa shape index (κ3) is 14.4. The van der Waals surface area contributed by atoms with Crippen molar-refractivity contribution in [2.24, 2.45) is 22.7 Å². The number of benzene rings is 12. The highest BCUT2D eigenvalue weighted by Gasteiger charge is 2.75. The topological polar surface area (TPSA) is 0 Å². The maximum absolute atomic E-state index is 2.67. The molecular weight excluding hydrogens is 1300 g/mol. The zero-order valence-corrected chi connectivity index (χ0v) is 61.9. The van der Waals surface area contributed by atoms with Gasteiger partial charge in [-0.3, -0.25) is 0 Å². The van der Waals surface area contributed by atoms with Crippen molar-refractivity contribution in [3.63, 3.8) is 0 Å². The molecule has 0 heteroatoms. The molecule has 0 aromatic heterocycles. The summed E-state index contributed by atoms with van der Waals surface area (Å²) >= 11 is 0. The van der Waals surface area contributed by atoms with E-state index in [4.69, 9.17) is 0 Å². The van der Waals surface area contributed by atoms with E-state index in [0.29, 0.717) is 11.8 Å². The summed E-state index contributed by atoms with van der Waals surface area (Å²) in [5.41, 5.74) is 25.6. The lowest BCUT2D eigenvalue weighted by Gasteiger charge is -2.77. The molecule has 8 saturated carbocycles. The van der Waals surface area contributed by atoms with Crippen LogP contribution in [0.3, 0.4) is 0 Å². The van der Waals surface area contributed by atoms with Crippen LogP contribution < -0.4 is 0 Å². The molecule has 12 aromatic carbocycles. The van der Waals surface area contributed by atoms with E-state index in [0.717, 1.165) is 12.8 Å². The Balaban J connectivity index is 0.863. The molecule has 0 aliphatic heterocycles. The van der Waals surface area contributed by atoms with Gasteiger partial charge in [-0.2, -0.15) is 0 Å². The van der Waals surface area contributed by atoms with Gasteiger partial charge in [0.05, 0.1) is 0 Å². The van der Waals surface area contributed by atoms with E-state index in [9.17, 15) is 0 Å². The van der Waals surface area contributed by atoms with Crippen molar-refractivity contribution in [1.82, 2.24) is 0 Å². The van der Waals surface area contributed by atoms with Crippen LogP contribution in [0, 0.1) is 22.7 Å². The summed E-state index contributed by atoms with van der Waals surface area (Å²) in [5, 5.41) is 0. The van der Waals surface area contributed by atoms with Gasteiger partial charge in [-0.05, 0) is 257 Å². The molecule has 20 rings (SSSR count). The Labute approximate surface area is 641 Å². The summed E-state index contributed by atoms with van der Waals surface area (Å²) in [4.78, 5) is 0. The maximum Gasteiger partial charge on any atom is -0.00299 e. The lowest BCUT2D eigenvalue weighted by molar-refractivity contribution is -0.224. The standard InChI is InChI=1S/C108H94/c1-9-25-81(26-10-1)41-49-89-57-90(50-42-82-27-11-2-12-28-82)62-99(61-89)103-69-97-70-104(75-103,100-63-91(51-43-83-29-13-3-14-30-83)58-92(64-100)52-44-84-31-15-4-16-32-84)78-107(73-97,77-103)108-74-98-71-105(79-108,101-65-93(53-45-85-33-17-5-18-34-85)59-94(66-101)54-46-86-35-19-6-20-36-86)76-106(72-98,80-108)102-67-95(55-47-87-37-21-7-22-38-87)60-96(68-102)56-48-88-39-23-8-24-40-88/h1-68,97-98H,69-80H2/b49-41+,50-42+,51-43+,52-44+,53-45+,54-46+,55-47+,56-48+. The summed E-state index contributed by atoms with van der Waals surface area (Å²) in [6, 6.07) is 119. The van der Waals surface area contributed by atoms with Crippen molar-refractivity contribution in [2.45, 2.75) is 98.7 Å². The monoisotopic (exact) mass is 1390 g/mol. The van der Waals surface area contributed by atoms with Crippen molar-refractivity contribution < 1.29 is 0 Å². The van der Waals surface area contributed by atoms with Crippen LogP contribution in [0.4, 0.5) is 0 Å². The van der Waals surface area contributed by atoms with Crippen LogP contribution >= 0.6 is 0 Å². The number of hydrogen-bond acceptors (Lipinski definition) is 0. The van der Waals surface area contributed by atoms with Crippen molar-refractivity contribution in [1.29, 1.82) is 0 Å². The summed E-state index contributed by atoms with van der Waals surface area (Å²) < 4.78 is 0. The molecule has 0 nitrogen and oxygen atoms in total. The zero-order valence-electron chi connectivity index (χ0n) is 61.9. The Morgan fingerprint density at radius 2 is 0.306 bits per heavy atom. The summed E-state index contributed by atoms with van der Waals surface area (Å²) in [6.07, 6.45) is 52.3. The first-order valence-electron chi connectivity index (χ1n) is 39.6. The molecule has 12 aromatic rings. The van der Waals surface area contributed by atoms with E-state index >= 15 is 0 Å². The highest BCUT2D eigenvalue weighted by Crippen LogP contribution is 2.82. The molecular formula is C108H94. The maximum atomic E-state index is 2.67. The van der Waals surface area contributed by atoms with Crippen LogP contribution in [0.5, 0.6) is 0 Å². The average molecular weight is 1390 g/mol. The fourth-order valence-corrected chi connectivity index (χ4v) is 22.1. The Hall–Kier alpha value is -11.4. The Morgan fingerprint density at radius 3 is 0.463 bits per heavy atom. The minimum Gasteiger partial charge on any atom is -0.0622 e. The quantitative estimate of drug-likeness (QED) is 0.0629. The second-order valence-electron chi connectivity index (χ2n) is 33.2. The van der Waals surface area contributed by atoms with Crippen LogP contribution in [0.15, 0.2) is 315 Å². The van der Waals surface area contributed by atoms with E-state index in [1.165, 1.54) is 175 Å². The SMILES string of the molecule is C(=C\c1cc(/C=C/c2ccccc2)cc(C23CC4CC(c5cc(/C=C/c6ccccc6)cc(/C=C/c6ccccc6)c5)(C2)CC(C25CC6CC(c7cc(/C=C/c8ccccc8)cc(/C=C/c8ccccc8)c7)(CC(c7cc(/C=C/c8ccccc8)cc(/C=C/c8ccccc8)c7)(C6)C2)C5)(C4)C3)c1)/c1ccccc1. The fraction of sp³-hybridized carbons (Fsp3) is 0.185. The molecule has 4 atom stereocenters. The predicted molar refractivity (Wildman–Crippen MR) is 463 cm³/mol. The molecule has 108 heavy (non-hydrogen) atoms. The lowest BCUT2D eigenvalue weighted by Crippen LogP contribution is -2.70. The van der Waals surface area contributed by atoms with E-state index in [1.807, 2.05) is 0 Å². The predicted octanol–water partition coefficient (Wildman–Crippen LogP) is 28.1. The number of hydrogen-bond donors (Lipinski definition) is 0. The lowest BCUT2D eigenvalue weighted by atomic mass is 9.26. The molecule has 8 aliphatic carbocycles. The molecule has 526 valence electrons. The van der Waals surface area contributed by atoms with E-state index in [1.54, 1.807) is 0 Å². The molecule has 4 unspecified atom stereocenters. The molecule has 0 heterocycles. The first kappa shape index (κ1) is 68.4. The summed E-state index contributed by atoms with van der Waals surface area (Å²) in [7, 11) is 0. The highest BCUT2D eigenvalue weighted by atomic mass is 14.8. The van der Waals surface area contributed by atoms with Gasteiger partial charge in [0.1, 0.15) is 0 Å². The second kappa shape index (κ2) is 29.4. The largest absolute Gasteiger partial charge is 0.0622 e. The summed E-state index contributed by atoms with van der Waals surface area (Å²) in [6.45, 7) is 0. The van der Waals surface area contributed by atoms with Gasteiger partial charge < -0.3 is 0 Å². The smallest absolute Gasteiger partial charge is 0.00299 e. The van der Waals surface area contributed by atoms with Crippen LogP contribution in [0.1, 0.15) is 188 Å². The van der Waals surface area contributed by atoms with Gasteiger partial charge in [0.2, 0.25) is 0 Å². The molecule has 0 amide bonds. The molecule has 0 radical (unpaired) electrons. The molecule has 0 spiro atoms. The first-order valence-corrected chi connectivity index (χ1v) is 39.6. The fourth-order valence-electron chi connectivity index (χ4n) is 22.1. The minimum atomic E-state index is -0.111. The van der Waals surface area contributed by atoms with E-state index in [-0.39, 0.29) is 32.5 Å². The van der Waals surface area contributed by atoms with Crippen molar-refractivity contribution in [2.75, 3.05) is 0 Å². The third-order valence-electron chi connectivity index (χ3n) is 25.8. The van der Waals surface area contributed by atoms with Gasteiger partial charge in [0, 0.05) is 0 Å². The summed E-state index contributed by atoms with van der Waals surface area (Å²) in [5.74, 6) is 1.06. The van der Waals surface area contributed by atoms with Crippen LogP contribution in [-0.2, 0) is 21.7 Å². The van der Waals surface area contributed by atoms with Gasteiger partial charge in [0.25, 0.3) is 0 Å². The van der Waals surface area contributed by atoms with Crippen LogP contribution in [0.25, 0.3) is 97.2 Å². The minimum absolute atomic E-state index is 0.00396. The van der Waals surface area contributed by atoms with Crippen LogP contribution in [0.2, 0.25) is 0 Å². The first-order chi connectivity index (χ1) is 53.1. The van der Waals surface area contributed by atoms with E-state index in [2.05, 4.69) is 413 Å². The third-order valence-corrected chi connectivity index (χ3v) is 25.8. The van der Waals surface area contributed by atoms with Crippen LogP contribution in [-0.4, -0.2) is 0 Å². The van der Waals surface area contributed by atoms with E-state index < -0.39 is 0 Å².